The van der Waals surface area contributed by atoms with Crippen LogP contribution in [0.2, 0.25) is 0 Å². The molecule has 5 aromatic rings. The van der Waals surface area contributed by atoms with Crippen LogP contribution < -0.4 is 5.32 Å². The van der Waals surface area contributed by atoms with Gasteiger partial charge in [0.15, 0.2) is 11.3 Å². The van der Waals surface area contributed by atoms with Crippen LogP contribution in [0.3, 0.4) is 0 Å². The van der Waals surface area contributed by atoms with E-state index in [4.69, 9.17) is 4.98 Å². The van der Waals surface area contributed by atoms with E-state index in [1.807, 2.05) is 29.8 Å². The maximum atomic E-state index is 12.7. The topological polar surface area (TPSA) is 78.7 Å². The monoisotopic (exact) mass is 585 g/mol. The lowest BCUT2D eigenvalue weighted by Crippen LogP contribution is -2.35. The summed E-state index contributed by atoms with van der Waals surface area (Å²) >= 11 is 0. The van der Waals surface area contributed by atoms with Gasteiger partial charge < -0.3 is 10.2 Å². The Hall–Kier alpha value is -4.40. The van der Waals surface area contributed by atoms with Gasteiger partial charge in [0.2, 0.25) is 5.91 Å². The van der Waals surface area contributed by atoms with Crippen molar-refractivity contribution >= 4 is 22.6 Å². The summed E-state index contributed by atoms with van der Waals surface area (Å²) in [7, 11) is 2.19. The normalized spacial score (nSPS) is 17.8. The van der Waals surface area contributed by atoms with Crippen molar-refractivity contribution in [1.29, 1.82) is 0 Å². The molecule has 44 heavy (non-hydrogen) atoms. The molecule has 8 heteroatoms. The summed E-state index contributed by atoms with van der Waals surface area (Å²) in [6.07, 6.45) is 8.31. The standard InChI is InChI=1S/C36H39N7O/c1-25-21-33-38-23-30-22-32(27-7-4-3-5-8-27)34(39-35(30)43(33)40-25)28-12-10-26(11-13-28)24-42-19-15-29(16-20-42)36(44)37-17-14-31-9-6-18-41(31)2/h3-5,7-8,10-13,15,21-23,31H,6,9,14,16-20,24H2,1-2H3,(H,37,44). The summed E-state index contributed by atoms with van der Waals surface area (Å²) in [6, 6.07) is 23.9. The lowest BCUT2D eigenvalue weighted by molar-refractivity contribution is -0.117. The van der Waals surface area contributed by atoms with Crippen molar-refractivity contribution in [2.24, 2.45) is 0 Å². The van der Waals surface area contributed by atoms with Gasteiger partial charge in [-0.15, -0.1) is 0 Å². The second-order valence-corrected chi connectivity index (χ2v) is 12.2. The first-order valence-electron chi connectivity index (χ1n) is 15.7. The highest BCUT2D eigenvalue weighted by Crippen LogP contribution is 2.34. The second kappa shape index (κ2) is 12.3. The molecule has 1 fully saturated rings. The Bertz CT molecular complexity index is 1830. The molecule has 1 atom stereocenters. The number of carbonyl (C=O) groups excluding carboxylic acids is 1. The Kier molecular flexibility index (Phi) is 7.93. The van der Waals surface area contributed by atoms with Crippen LogP contribution in [0.5, 0.6) is 0 Å². The van der Waals surface area contributed by atoms with Gasteiger partial charge in [-0.3, -0.25) is 9.69 Å². The lowest BCUT2D eigenvalue weighted by Gasteiger charge is -2.26. The van der Waals surface area contributed by atoms with E-state index in [2.05, 4.69) is 92.9 Å². The van der Waals surface area contributed by atoms with E-state index in [9.17, 15) is 4.79 Å². The van der Waals surface area contributed by atoms with E-state index < -0.39 is 0 Å². The van der Waals surface area contributed by atoms with Gasteiger partial charge >= 0.3 is 0 Å². The number of benzene rings is 2. The van der Waals surface area contributed by atoms with Gasteiger partial charge in [-0.1, -0.05) is 60.7 Å². The van der Waals surface area contributed by atoms with Gasteiger partial charge in [0.25, 0.3) is 0 Å². The van der Waals surface area contributed by atoms with Crippen molar-refractivity contribution in [3.05, 3.63) is 95.8 Å². The highest BCUT2D eigenvalue weighted by atomic mass is 16.1. The third-order valence-electron chi connectivity index (χ3n) is 9.12. The van der Waals surface area contributed by atoms with Gasteiger partial charge in [0, 0.05) is 66.6 Å². The minimum Gasteiger partial charge on any atom is -0.352 e. The first-order chi connectivity index (χ1) is 21.5. The zero-order valence-corrected chi connectivity index (χ0v) is 25.5. The number of aryl methyl sites for hydroxylation is 1. The Morgan fingerprint density at radius 1 is 1.02 bits per heavy atom. The number of aromatic nitrogens is 4. The van der Waals surface area contributed by atoms with E-state index in [0.29, 0.717) is 6.04 Å². The molecule has 1 saturated heterocycles. The summed E-state index contributed by atoms with van der Waals surface area (Å²) < 4.78 is 1.84. The smallest absolute Gasteiger partial charge is 0.246 e. The first-order valence-corrected chi connectivity index (χ1v) is 15.7. The zero-order valence-electron chi connectivity index (χ0n) is 25.5. The molecule has 1 amide bonds. The van der Waals surface area contributed by atoms with Crippen LogP contribution in [0, 0.1) is 6.92 Å². The molecule has 0 saturated carbocycles. The third kappa shape index (κ3) is 5.87. The van der Waals surface area contributed by atoms with Crippen LogP contribution in [0.15, 0.2) is 84.6 Å². The van der Waals surface area contributed by atoms with Crippen molar-refractivity contribution in [2.75, 3.05) is 33.2 Å². The van der Waals surface area contributed by atoms with Gasteiger partial charge in [0.1, 0.15) is 0 Å². The molecule has 0 radical (unpaired) electrons. The molecule has 1 unspecified atom stereocenters. The largest absolute Gasteiger partial charge is 0.352 e. The number of nitrogens with one attached hydrogen (secondary N) is 1. The molecule has 5 heterocycles. The number of likely N-dealkylation sites (tertiary alicyclic amines) is 1. The molecule has 7 rings (SSSR count). The summed E-state index contributed by atoms with van der Waals surface area (Å²) in [5, 5.41) is 8.77. The minimum absolute atomic E-state index is 0.102. The van der Waals surface area contributed by atoms with Crippen molar-refractivity contribution < 1.29 is 4.79 Å². The molecule has 2 aliphatic heterocycles. The summed E-state index contributed by atoms with van der Waals surface area (Å²) in [5.41, 5.74) is 8.84. The average Bonchev–Trinajstić information content (AvgIpc) is 3.65. The number of fused-ring (bicyclic) bond motifs is 3. The van der Waals surface area contributed by atoms with Gasteiger partial charge in [-0.05, 0) is 63.4 Å². The summed E-state index contributed by atoms with van der Waals surface area (Å²) in [5.74, 6) is 0.102. The molecule has 2 aromatic carbocycles. The molecule has 1 N–H and O–H groups in total. The van der Waals surface area contributed by atoms with Crippen LogP contribution >= 0.6 is 0 Å². The van der Waals surface area contributed by atoms with Gasteiger partial charge in [-0.2, -0.15) is 9.61 Å². The molecular formula is C36H39N7O. The fraction of sp³-hybridized carbons (Fsp3) is 0.333. The van der Waals surface area contributed by atoms with E-state index in [0.717, 1.165) is 89.4 Å². The highest BCUT2D eigenvalue weighted by molar-refractivity contribution is 5.93. The average molecular weight is 586 g/mol. The number of hydrogen-bond acceptors (Lipinski definition) is 6. The maximum absolute atomic E-state index is 12.7. The number of pyridine rings is 1. The van der Waals surface area contributed by atoms with Gasteiger partial charge in [-0.25, -0.2) is 9.97 Å². The SMILES string of the molecule is Cc1cc2ncc3cc(-c4ccccc4)c(-c4ccc(CN5CC=C(C(=O)NCCC6CCCN6C)CC5)cc4)nc3n2n1. The van der Waals surface area contributed by atoms with Crippen LogP contribution in [0.4, 0.5) is 0 Å². The van der Waals surface area contributed by atoms with Gasteiger partial charge in [0.05, 0.1) is 11.4 Å². The Labute approximate surface area is 258 Å². The van der Waals surface area contributed by atoms with E-state index in [1.54, 1.807) is 0 Å². The van der Waals surface area contributed by atoms with Crippen LogP contribution in [0.25, 0.3) is 39.1 Å². The maximum Gasteiger partial charge on any atom is 0.246 e. The Morgan fingerprint density at radius 3 is 2.61 bits per heavy atom. The molecule has 0 spiro atoms. The summed E-state index contributed by atoms with van der Waals surface area (Å²) in [4.78, 5) is 27.3. The number of carbonyl (C=O) groups is 1. The first kappa shape index (κ1) is 28.4. The fourth-order valence-corrected chi connectivity index (χ4v) is 6.61. The molecule has 3 aromatic heterocycles. The van der Waals surface area contributed by atoms with Crippen LogP contribution in [-0.4, -0.2) is 74.6 Å². The van der Waals surface area contributed by atoms with Crippen LogP contribution in [0.1, 0.15) is 36.9 Å². The molecule has 0 aliphatic carbocycles. The zero-order chi connectivity index (χ0) is 30.0. The van der Waals surface area contributed by atoms with E-state index in [1.165, 1.54) is 24.9 Å². The molecule has 224 valence electrons. The molecule has 0 bridgehead atoms. The number of rotatable bonds is 8. The number of amides is 1. The molecule has 2 aliphatic rings. The number of nitrogens with zero attached hydrogens (tertiary/aromatic N) is 6. The molecule has 8 nitrogen and oxygen atoms in total. The van der Waals surface area contributed by atoms with E-state index >= 15 is 0 Å². The predicted molar refractivity (Wildman–Crippen MR) is 175 cm³/mol. The Balaban J connectivity index is 1.06. The van der Waals surface area contributed by atoms with Crippen molar-refractivity contribution in [3.63, 3.8) is 0 Å². The Morgan fingerprint density at radius 2 is 1.86 bits per heavy atom. The van der Waals surface area contributed by atoms with Crippen molar-refractivity contribution in [1.82, 2.24) is 34.7 Å². The summed E-state index contributed by atoms with van der Waals surface area (Å²) in [6.45, 7) is 6.41. The third-order valence-corrected chi connectivity index (χ3v) is 9.12. The predicted octanol–water partition coefficient (Wildman–Crippen LogP) is 5.65. The van der Waals surface area contributed by atoms with Crippen LogP contribution in [-0.2, 0) is 11.3 Å². The fourth-order valence-electron chi connectivity index (χ4n) is 6.61. The molecular weight excluding hydrogens is 546 g/mol. The van der Waals surface area contributed by atoms with E-state index in [-0.39, 0.29) is 5.91 Å². The quantitative estimate of drug-likeness (QED) is 0.254. The van der Waals surface area contributed by atoms with Crippen molar-refractivity contribution in [3.8, 4) is 22.4 Å². The second-order valence-electron chi connectivity index (χ2n) is 12.2. The minimum atomic E-state index is 0.102. The van der Waals surface area contributed by atoms with Crippen molar-refractivity contribution in [2.45, 2.75) is 45.2 Å². The number of hydrogen-bond donors (Lipinski definition) is 1. The lowest BCUT2D eigenvalue weighted by atomic mass is 9.97. The highest BCUT2D eigenvalue weighted by Gasteiger charge is 2.22.